The summed E-state index contributed by atoms with van der Waals surface area (Å²) in [5.74, 6) is 0.313. The van der Waals surface area contributed by atoms with Gasteiger partial charge in [0.2, 0.25) is 11.8 Å². The zero-order chi connectivity index (χ0) is 14.4. The predicted octanol–water partition coefficient (Wildman–Crippen LogP) is 0.762. The average molecular weight is 280 g/mol. The van der Waals surface area contributed by atoms with Crippen LogP contribution in [0, 0.1) is 5.41 Å². The summed E-state index contributed by atoms with van der Waals surface area (Å²) < 4.78 is 0. The van der Waals surface area contributed by atoms with E-state index in [1.807, 2.05) is 16.8 Å². The van der Waals surface area contributed by atoms with Crippen LogP contribution in [-0.4, -0.2) is 59.0 Å². The Morgan fingerprint density at radius 1 is 1.25 bits per heavy atom. The molecule has 2 heterocycles. The molecule has 3 aliphatic rings. The number of carbonyl (C=O) groups is 2. The fourth-order valence-corrected chi connectivity index (χ4v) is 3.82. The van der Waals surface area contributed by atoms with Crippen molar-refractivity contribution < 1.29 is 14.7 Å². The Balaban J connectivity index is 1.53. The Morgan fingerprint density at radius 2 is 1.90 bits per heavy atom. The topological polar surface area (TPSA) is 60.9 Å². The Hall–Kier alpha value is -1.10. The molecule has 5 nitrogen and oxygen atoms in total. The highest BCUT2D eigenvalue weighted by atomic mass is 16.3. The van der Waals surface area contributed by atoms with Crippen molar-refractivity contribution >= 4 is 11.8 Å². The van der Waals surface area contributed by atoms with E-state index < -0.39 is 5.60 Å². The molecule has 2 amide bonds. The first-order valence-electron chi connectivity index (χ1n) is 7.66. The summed E-state index contributed by atoms with van der Waals surface area (Å²) in [6.45, 7) is 2.30. The molecule has 0 radical (unpaired) electrons. The van der Waals surface area contributed by atoms with Crippen LogP contribution in [0.2, 0.25) is 0 Å². The van der Waals surface area contributed by atoms with Gasteiger partial charge in [-0.2, -0.15) is 0 Å². The van der Waals surface area contributed by atoms with Gasteiger partial charge in [-0.05, 0) is 32.1 Å². The molecule has 0 aromatic carbocycles. The summed E-state index contributed by atoms with van der Waals surface area (Å²) in [6, 6.07) is 0. The maximum atomic E-state index is 12.2. The summed E-state index contributed by atoms with van der Waals surface area (Å²) in [5, 5.41) is 10.1. The van der Waals surface area contributed by atoms with Crippen molar-refractivity contribution in [3.63, 3.8) is 0 Å². The highest BCUT2D eigenvalue weighted by Crippen LogP contribution is 2.41. The van der Waals surface area contributed by atoms with E-state index in [9.17, 15) is 14.7 Å². The highest BCUT2D eigenvalue weighted by Gasteiger charge is 2.45. The lowest BCUT2D eigenvalue weighted by molar-refractivity contribution is -0.142. The smallest absolute Gasteiger partial charge is 0.225 e. The normalized spacial score (nSPS) is 27.8. The van der Waals surface area contributed by atoms with Crippen molar-refractivity contribution in [3.8, 4) is 0 Å². The fourth-order valence-electron chi connectivity index (χ4n) is 3.82. The lowest BCUT2D eigenvalue weighted by atomic mass is 9.76. The minimum atomic E-state index is -0.726. The van der Waals surface area contributed by atoms with E-state index >= 15 is 0 Å². The predicted molar refractivity (Wildman–Crippen MR) is 73.9 cm³/mol. The van der Waals surface area contributed by atoms with Crippen LogP contribution in [0.5, 0.6) is 0 Å². The molecule has 1 saturated carbocycles. The molecule has 5 heteroatoms. The maximum Gasteiger partial charge on any atom is 0.225 e. The first kappa shape index (κ1) is 13.9. The molecule has 1 spiro atoms. The Labute approximate surface area is 119 Å². The quantitative estimate of drug-likeness (QED) is 0.812. The van der Waals surface area contributed by atoms with Gasteiger partial charge in [0, 0.05) is 38.5 Å². The van der Waals surface area contributed by atoms with Crippen molar-refractivity contribution in [2.24, 2.45) is 5.41 Å². The van der Waals surface area contributed by atoms with Crippen molar-refractivity contribution in [1.29, 1.82) is 0 Å². The van der Waals surface area contributed by atoms with Crippen LogP contribution in [-0.2, 0) is 9.59 Å². The Bertz CT molecular complexity index is 423. The van der Waals surface area contributed by atoms with Crippen LogP contribution in [0.25, 0.3) is 0 Å². The monoisotopic (exact) mass is 280 g/mol. The number of carbonyl (C=O) groups excluding carboxylic acids is 2. The van der Waals surface area contributed by atoms with Crippen molar-refractivity contribution in [2.45, 2.75) is 50.5 Å². The van der Waals surface area contributed by atoms with Gasteiger partial charge in [-0.3, -0.25) is 9.59 Å². The minimum Gasteiger partial charge on any atom is -0.389 e. The lowest BCUT2D eigenvalue weighted by Gasteiger charge is -2.41. The van der Waals surface area contributed by atoms with Gasteiger partial charge in [0.15, 0.2) is 0 Å². The largest absolute Gasteiger partial charge is 0.389 e. The van der Waals surface area contributed by atoms with Crippen LogP contribution in [0.3, 0.4) is 0 Å². The van der Waals surface area contributed by atoms with Crippen LogP contribution >= 0.6 is 0 Å². The summed E-state index contributed by atoms with van der Waals surface area (Å²) in [5.41, 5.74) is -0.633. The number of hydrogen-bond acceptors (Lipinski definition) is 3. The van der Waals surface area contributed by atoms with Crippen LogP contribution < -0.4 is 0 Å². The summed E-state index contributed by atoms with van der Waals surface area (Å²) in [7, 11) is 1.86. The van der Waals surface area contributed by atoms with Gasteiger partial charge in [0.1, 0.15) is 0 Å². The molecule has 112 valence electrons. The molecule has 0 aromatic heterocycles. The van der Waals surface area contributed by atoms with Crippen molar-refractivity contribution in [1.82, 2.24) is 9.80 Å². The number of likely N-dealkylation sites (tertiary alicyclic amines) is 2. The van der Waals surface area contributed by atoms with Crippen LogP contribution in [0.4, 0.5) is 0 Å². The minimum absolute atomic E-state index is 0.0831. The molecule has 0 atom stereocenters. The van der Waals surface area contributed by atoms with E-state index in [2.05, 4.69) is 0 Å². The molecule has 0 aromatic rings. The fraction of sp³-hybridized carbons (Fsp3) is 0.867. The molecular weight excluding hydrogens is 256 g/mol. The maximum absolute atomic E-state index is 12.2. The van der Waals surface area contributed by atoms with Gasteiger partial charge in [-0.15, -0.1) is 0 Å². The second kappa shape index (κ2) is 4.72. The van der Waals surface area contributed by atoms with Gasteiger partial charge in [0.05, 0.1) is 12.0 Å². The van der Waals surface area contributed by atoms with Crippen molar-refractivity contribution in [2.75, 3.05) is 26.7 Å². The molecule has 2 aliphatic heterocycles. The zero-order valence-electron chi connectivity index (χ0n) is 12.2. The second-order valence-corrected chi connectivity index (χ2v) is 7.06. The van der Waals surface area contributed by atoms with Gasteiger partial charge in [-0.1, -0.05) is 0 Å². The van der Waals surface area contributed by atoms with E-state index in [1.165, 1.54) is 0 Å². The van der Waals surface area contributed by atoms with E-state index in [-0.39, 0.29) is 23.7 Å². The third-order valence-corrected chi connectivity index (χ3v) is 5.47. The van der Waals surface area contributed by atoms with E-state index in [0.717, 1.165) is 51.7 Å². The Kier molecular flexibility index (Phi) is 3.27. The molecule has 2 saturated heterocycles. The van der Waals surface area contributed by atoms with Crippen molar-refractivity contribution in [3.05, 3.63) is 0 Å². The average Bonchev–Trinajstić information content (AvgIpc) is 2.63. The van der Waals surface area contributed by atoms with E-state index in [4.69, 9.17) is 0 Å². The second-order valence-electron chi connectivity index (χ2n) is 7.06. The number of aliphatic hydroxyl groups is 1. The molecule has 20 heavy (non-hydrogen) atoms. The number of nitrogens with zero attached hydrogens (tertiary/aromatic N) is 2. The molecule has 3 fully saturated rings. The molecule has 1 aliphatic carbocycles. The Morgan fingerprint density at radius 3 is 2.35 bits per heavy atom. The molecule has 1 N–H and O–H groups in total. The molecule has 0 unspecified atom stereocenters. The third-order valence-electron chi connectivity index (χ3n) is 5.47. The zero-order valence-corrected chi connectivity index (χ0v) is 12.2. The first-order valence-corrected chi connectivity index (χ1v) is 7.66. The van der Waals surface area contributed by atoms with Gasteiger partial charge >= 0.3 is 0 Å². The summed E-state index contributed by atoms with van der Waals surface area (Å²) in [4.78, 5) is 27.6. The SMILES string of the molecule is CN1CC2(CCN(C(=O)CC3(O)CCC3)CC2)CC1=O. The highest BCUT2D eigenvalue weighted by molar-refractivity contribution is 5.80. The number of rotatable bonds is 2. The van der Waals surface area contributed by atoms with E-state index in [0.29, 0.717) is 6.42 Å². The van der Waals surface area contributed by atoms with Gasteiger partial charge in [0.25, 0.3) is 0 Å². The van der Waals surface area contributed by atoms with Crippen LogP contribution in [0.15, 0.2) is 0 Å². The van der Waals surface area contributed by atoms with Crippen LogP contribution in [0.1, 0.15) is 44.9 Å². The lowest BCUT2D eigenvalue weighted by Crippen LogP contribution is -2.48. The summed E-state index contributed by atoms with van der Waals surface area (Å²) >= 11 is 0. The molecular formula is C15H24N2O3. The number of hydrogen-bond donors (Lipinski definition) is 1. The van der Waals surface area contributed by atoms with Gasteiger partial charge in [-0.25, -0.2) is 0 Å². The van der Waals surface area contributed by atoms with Gasteiger partial charge < -0.3 is 14.9 Å². The third kappa shape index (κ3) is 2.43. The number of amides is 2. The number of piperidine rings is 1. The van der Waals surface area contributed by atoms with E-state index in [1.54, 1.807) is 0 Å². The summed E-state index contributed by atoms with van der Waals surface area (Å²) in [6.07, 6.45) is 5.28. The standard InChI is InChI=1S/C15H24N2O3/c1-16-11-14(9-12(16)18)5-7-17(8-6-14)13(19)10-15(20)3-2-4-15/h20H,2-11H2,1H3. The first-order chi connectivity index (χ1) is 9.41. The molecule has 3 rings (SSSR count). The molecule has 0 bridgehead atoms.